The van der Waals surface area contributed by atoms with Crippen molar-refractivity contribution in [2.75, 3.05) is 13.2 Å². The Hall–Kier alpha value is -4.10. The van der Waals surface area contributed by atoms with E-state index < -0.39 is 35.6 Å². The van der Waals surface area contributed by atoms with Gasteiger partial charge in [-0.3, -0.25) is 5.32 Å². The van der Waals surface area contributed by atoms with Crippen molar-refractivity contribution in [2.45, 2.75) is 84.0 Å². The van der Waals surface area contributed by atoms with Crippen molar-refractivity contribution in [1.82, 2.24) is 20.4 Å². The van der Waals surface area contributed by atoms with Gasteiger partial charge in [0.15, 0.2) is 0 Å². The van der Waals surface area contributed by atoms with E-state index in [1.54, 1.807) is 32.9 Å². The lowest BCUT2D eigenvalue weighted by Crippen LogP contribution is -2.46. The number of alkyl carbamates (subject to hydrolysis) is 1. The van der Waals surface area contributed by atoms with Crippen LogP contribution in [0, 0.1) is 0 Å². The molecular weight excluding hydrogens is 559 g/mol. The molecule has 0 bridgehead atoms. The molecule has 1 aliphatic rings. The molecule has 0 spiro atoms. The molecule has 2 aromatic rings. The third-order valence-electron chi connectivity index (χ3n) is 6.04. The number of nitrogens with one attached hydrogen (secondary N) is 1. The van der Waals surface area contributed by atoms with Crippen LogP contribution in [0.25, 0.3) is 11.4 Å². The van der Waals surface area contributed by atoms with Crippen LogP contribution in [-0.4, -0.2) is 57.0 Å². The van der Waals surface area contributed by atoms with E-state index in [-0.39, 0.29) is 42.1 Å². The molecule has 0 saturated heterocycles. The van der Waals surface area contributed by atoms with Crippen LogP contribution in [0.2, 0.25) is 0 Å². The van der Waals surface area contributed by atoms with Gasteiger partial charge < -0.3 is 24.0 Å². The first-order chi connectivity index (χ1) is 19.8. The van der Waals surface area contributed by atoms with Crippen LogP contribution in [0.4, 0.5) is 22.8 Å². The molecule has 0 radical (unpaired) electrons. The number of guanidine groups is 1. The number of alkyl halides is 3. The molecule has 2 amide bonds. The van der Waals surface area contributed by atoms with Gasteiger partial charge in [-0.05, 0) is 45.4 Å². The van der Waals surface area contributed by atoms with Crippen LogP contribution in [0.1, 0.15) is 83.7 Å². The molecule has 11 nitrogen and oxygen atoms in total. The lowest BCUT2D eigenvalue weighted by atomic mass is 10.1. The number of carbonyl (C=O) groups excluding carboxylic acids is 1. The van der Waals surface area contributed by atoms with Crippen molar-refractivity contribution in [3.05, 3.63) is 41.8 Å². The lowest BCUT2D eigenvalue weighted by molar-refractivity contribution is -0.138. The van der Waals surface area contributed by atoms with Crippen molar-refractivity contribution in [1.29, 1.82) is 0 Å². The van der Waals surface area contributed by atoms with Crippen molar-refractivity contribution in [3.63, 3.8) is 0 Å². The number of carboxylic acid groups (broad SMARTS) is 1. The molecule has 2 N–H and O–H groups in total. The minimum Gasteiger partial charge on any atom is -0.493 e. The van der Waals surface area contributed by atoms with E-state index in [0.717, 1.165) is 38.2 Å². The van der Waals surface area contributed by atoms with Gasteiger partial charge in [0.1, 0.15) is 17.4 Å². The molecule has 0 aliphatic carbocycles. The largest absolute Gasteiger partial charge is 0.493 e. The van der Waals surface area contributed by atoms with E-state index in [2.05, 4.69) is 27.4 Å². The Morgan fingerprint density at radius 3 is 2.55 bits per heavy atom. The first-order valence-corrected chi connectivity index (χ1v) is 13.7. The van der Waals surface area contributed by atoms with Crippen molar-refractivity contribution >= 4 is 18.1 Å². The summed E-state index contributed by atoms with van der Waals surface area (Å²) < 4.78 is 57.7. The number of aliphatic imine (C=N–C) groups is 1. The number of rotatable bonds is 10. The van der Waals surface area contributed by atoms with Crippen LogP contribution < -0.4 is 10.1 Å². The second-order valence-corrected chi connectivity index (χ2v) is 10.7. The van der Waals surface area contributed by atoms with Crippen molar-refractivity contribution in [2.24, 2.45) is 4.99 Å². The highest BCUT2D eigenvalue weighted by molar-refractivity contribution is 5.99. The summed E-state index contributed by atoms with van der Waals surface area (Å²) in [6, 6.07) is 2.68. The summed E-state index contributed by atoms with van der Waals surface area (Å²) in [5.74, 6) is -0.802. The van der Waals surface area contributed by atoms with Gasteiger partial charge in [0, 0.05) is 12.1 Å². The average molecular weight is 596 g/mol. The van der Waals surface area contributed by atoms with E-state index in [1.807, 2.05) is 0 Å². The maximum absolute atomic E-state index is 13.9. The van der Waals surface area contributed by atoms with Gasteiger partial charge in [-0.25, -0.2) is 9.59 Å². The van der Waals surface area contributed by atoms with Gasteiger partial charge in [-0.1, -0.05) is 56.3 Å². The van der Waals surface area contributed by atoms with Crippen molar-refractivity contribution in [3.8, 4) is 17.1 Å². The predicted octanol–water partition coefficient (Wildman–Crippen LogP) is 6.97. The number of halogens is 3. The summed E-state index contributed by atoms with van der Waals surface area (Å²) in [4.78, 5) is 32.7. The smallest absolute Gasteiger partial charge is 0.434 e. The first-order valence-electron chi connectivity index (χ1n) is 13.7. The zero-order chi connectivity index (χ0) is 30.9. The van der Waals surface area contributed by atoms with E-state index in [4.69, 9.17) is 14.0 Å². The maximum Gasteiger partial charge on any atom is 0.434 e. The minimum absolute atomic E-state index is 0.0454. The summed E-state index contributed by atoms with van der Waals surface area (Å²) in [5.41, 5.74) is -1.77. The van der Waals surface area contributed by atoms with Gasteiger partial charge >= 0.3 is 18.4 Å². The topological polar surface area (TPSA) is 139 Å². The molecule has 1 unspecified atom stereocenters. The van der Waals surface area contributed by atoms with E-state index in [1.165, 1.54) is 17.0 Å². The number of ether oxygens (including phenoxy) is 2. The lowest BCUT2D eigenvalue weighted by Gasteiger charge is -2.26. The molecule has 2 heterocycles. The summed E-state index contributed by atoms with van der Waals surface area (Å²) in [6.45, 7) is 7.31. The highest BCUT2D eigenvalue weighted by Gasteiger charge is 2.36. The Bertz CT molecular complexity index is 1290. The Labute approximate surface area is 241 Å². The Morgan fingerprint density at radius 1 is 1.17 bits per heavy atom. The highest BCUT2D eigenvalue weighted by Crippen LogP contribution is 2.39. The number of aromatic nitrogens is 2. The van der Waals surface area contributed by atoms with Crippen LogP contribution in [-0.2, 0) is 10.9 Å². The van der Waals surface area contributed by atoms with Gasteiger partial charge in [0.2, 0.25) is 11.8 Å². The monoisotopic (exact) mass is 595 g/mol. The summed E-state index contributed by atoms with van der Waals surface area (Å²) in [5, 5.41) is 15.4. The van der Waals surface area contributed by atoms with E-state index in [0.29, 0.717) is 6.42 Å². The van der Waals surface area contributed by atoms with Crippen LogP contribution >= 0.6 is 0 Å². The number of nitrogens with zero attached hydrogens (tertiary/aromatic N) is 4. The predicted molar refractivity (Wildman–Crippen MR) is 147 cm³/mol. The van der Waals surface area contributed by atoms with E-state index in [9.17, 15) is 27.9 Å². The van der Waals surface area contributed by atoms with Gasteiger partial charge in [-0.2, -0.15) is 18.2 Å². The van der Waals surface area contributed by atoms with Crippen LogP contribution in [0.3, 0.4) is 0 Å². The molecule has 0 fully saturated rings. The fraction of sp³-hybridized carbons (Fsp3) is 0.536. The standard InChI is InChI=1S/C28H36F3N5O6/c1-5-6-7-8-9-10-16-40-21-14-13-18(17-19(21)28(29,30)31)22-32-23(42-35-22)20-12-11-15-36(20)24(33-25(37)38)34-26(39)41-27(2,3)4/h11-14,17,20H,5-10,15-16H2,1-4H3,(H,37,38)(H,33,34,39). The third-order valence-corrected chi connectivity index (χ3v) is 6.04. The Kier molecular flexibility index (Phi) is 10.9. The summed E-state index contributed by atoms with van der Waals surface area (Å²) in [7, 11) is 0. The molecule has 0 saturated carbocycles. The normalized spacial score (nSPS) is 15.6. The third kappa shape index (κ3) is 9.48. The van der Waals surface area contributed by atoms with Gasteiger partial charge in [0.05, 0.1) is 12.2 Å². The second kappa shape index (κ2) is 14.2. The summed E-state index contributed by atoms with van der Waals surface area (Å²) in [6.07, 6.45) is 1.95. The van der Waals surface area contributed by atoms with Crippen LogP contribution in [0.5, 0.6) is 5.75 Å². The van der Waals surface area contributed by atoms with Gasteiger partial charge in [0.25, 0.3) is 5.89 Å². The number of hydrogen-bond donors (Lipinski definition) is 2. The average Bonchev–Trinajstić information content (AvgIpc) is 3.56. The fourth-order valence-corrected chi connectivity index (χ4v) is 4.16. The summed E-state index contributed by atoms with van der Waals surface area (Å²) >= 11 is 0. The number of hydrogen-bond acceptors (Lipinski definition) is 7. The SMILES string of the molecule is CCCCCCCCOc1ccc(-c2noc(C3C=CCN3C(=NC(=O)O)NC(=O)OC(C)(C)C)n2)cc1C(F)(F)F. The molecule has 230 valence electrons. The number of benzene rings is 1. The van der Waals surface area contributed by atoms with Crippen molar-refractivity contribution < 1.29 is 41.9 Å². The molecule has 1 aliphatic heterocycles. The molecule has 14 heteroatoms. The van der Waals surface area contributed by atoms with Gasteiger partial charge in [-0.15, -0.1) is 4.99 Å². The zero-order valence-corrected chi connectivity index (χ0v) is 24.0. The Morgan fingerprint density at radius 2 is 1.88 bits per heavy atom. The molecule has 3 rings (SSSR count). The number of carbonyl (C=O) groups is 2. The van der Waals surface area contributed by atoms with Crippen LogP contribution in [0.15, 0.2) is 39.9 Å². The molecular formula is C28H36F3N5O6. The second-order valence-electron chi connectivity index (χ2n) is 10.7. The minimum atomic E-state index is -4.68. The number of amides is 2. The maximum atomic E-state index is 13.9. The molecule has 1 atom stereocenters. The fourth-order valence-electron chi connectivity index (χ4n) is 4.16. The zero-order valence-electron chi connectivity index (χ0n) is 24.0. The molecule has 42 heavy (non-hydrogen) atoms. The molecule has 1 aromatic carbocycles. The molecule has 1 aromatic heterocycles. The highest BCUT2D eigenvalue weighted by atomic mass is 19.4. The quantitative estimate of drug-likeness (QED) is 0.129. The Balaban J connectivity index is 1.78. The first kappa shape index (κ1) is 32.4. The number of unbranched alkanes of at least 4 members (excludes halogenated alkanes) is 5. The van der Waals surface area contributed by atoms with E-state index >= 15 is 0 Å².